The first-order chi connectivity index (χ1) is 15.2. The molecule has 3 rings (SSSR count). The van der Waals surface area contributed by atoms with Gasteiger partial charge in [-0.05, 0) is 24.3 Å². The maximum absolute atomic E-state index is 12.4. The summed E-state index contributed by atoms with van der Waals surface area (Å²) in [6.07, 6.45) is 0. The van der Waals surface area contributed by atoms with Crippen LogP contribution < -0.4 is 10.6 Å². The number of hydrogen-bond donors (Lipinski definition) is 2. The SMILES string of the molecule is CN(C)S(=O)(=O)c1cccc(C(=O)NCC(=O)Nc2nc(-c3ccccc3C#N)cs2)c1.[HH].[HH]. The van der Waals surface area contributed by atoms with Crippen LogP contribution in [-0.4, -0.2) is 50.2 Å². The number of thiazole rings is 1. The number of nitrogens with zero attached hydrogens (tertiary/aromatic N) is 3. The number of rotatable bonds is 7. The molecule has 0 aliphatic rings. The zero-order valence-corrected chi connectivity index (χ0v) is 18.8. The quantitative estimate of drug-likeness (QED) is 0.542. The maximum atomic E-state index is 12.4. The number of nitrogens with one attached hydrogen (secondary N) is 2. The van der Waals surface area contributed by atoms with Crippen molar-refractivity contribution in [3.05, 3.63) is 65.0 Å². The first kappa shape index (κ1) is 23.1. The molecule has 0 spiro atoms. The molecule has 2 aromatic carbocycles. The zero-order chi connectivity index (χ0) is 23.3. The van der Waals surface area contributed by atoms with E-state index in [9.17, 15) is 23.3 Å². The molecule has 32 heavy (non-hydrogen) atoms. The normalized spacial score (nSPS) is 11.1. The molecule has 2 amide bonds. The molecule has 0 aliphatic heterocycles. The molecule has 0 bridgehead atoms. The topological polar surface area (TPSA) is 132 Å². The molecule has 3 aromatic rings. The summed E-state index contributed by atoms with van der Waals surface area (Å²) in [5.41, 5.74) is 1.81. The number of hydrogen-bond acceptors (Lipinski definition) is 7. The van der Waals surface area contributed by atoms with Gasteiger partial charge < -0.3 is 10.6 Å². The van der Waals surface area contributed by atoms with E-state index in [1.807, 2.05) is 0 Å². The van der Waals surface area contributed by atoms with E-state index < -0.39 is 21.8 Å². The Kier molecular flexibility index (Phi) is 6.99. The Hall–Kier alpha value is -3.59. The van der Waals surface area contributed by atoms with Crippen molar-refractivity contribution in [2.24, 2.45) is 0 Å². The fourth-order valence-corrected chi connectivity index (χ4v) is 4.37. The van der Waals surface area contributed by atoms with Crippen molar-refractivity contribution < 1.29 is 20.9 Å². The van der Waals surface area contributed by atoms with Crippen LogP contribution in [0.15, 0.2) is 58.8 Å². The van der Waals surface area contributed by atoms with Gasteiger partial charge >= 0.3 is 0 Å². The maximum Gasteiger partial charge on any atom is 0.251 e. The van der Waals surface area contributed by atoms with Gasteiger partial charge in [0.15, 0.2) is 5.13 Å². The van der Waals surface area contributed by atoms with Gasteiger partial charge in [0.05, 0.1) is 28.8 Å². The molecule has 0 saturated carbocycles. The Morgan fingerprint density at radius 2 is 1.94 bits per heavy atom. The van der Waals surface area contributed by atoms with Crippen LogP contribution in [0.5, 0.6) is 0 Å². The Bertz CT molecular complexity index is 1320. The zero-order valence-electron chi connectivity index (χ0n) is 17.2. The smallest absolute Gasteiger partial charge is 0.251 e. The van der Waals surface area contributed by atoms with Gasteiger partial charge in [0, 0.05) is 33.5 Å². The van der Waals surface area contributed by atoms with Crippen molar-refractivity contribution >= 4 is 38.3 Å². The standard InChI is InChI=1S/C21H19N5O4S2.2H2/c1-26(2)32(29,30)16-8-5-7-14(10-16)20(28)23-12-19(27)25-21-24-18(13-31-21)17-9-4-3-6-15(17)11-22;;/h3-10,13H,12H2,1-2H3,(H,23,28)(H,24,25,27);2*1H. The fourth-order valence-electron chi connectivity index (χ4n) is 2.69. The number of sulfonamides is 1. The van der Waals surface area contributed by atoms with Crippen LogP contribution >= 0.6 is 11.3 Å². The third-order valence-corrected chi connectivity index (χ3v) is 6.93. The lowest BCUT2D eigenvalue weighted by atomic mass is 10.1. The summed E-state index contributed by atoms with van der Waals surface area (Å²) in [5.74, 6) is -1.08. The van der Waals surface area contributed by atoms with E-state index in [0.29, 0.717) is 22.0 Å². The van der Waals surface area contributed by atoms with Gasteiger partial charge in [0.25, 0.3) is 5.91 Å². The Morgan fingerprint density at radius 3 is 2.66 bits per heavy atom. The highest BCUT2D eigenvalue weighted by Gasteiger charge is 2.19. The van der Waals surface area contributed by atoms with E-state index in [0.717, 1.165) is 4.31 Å². The predicted octanol–water partition coefficient (Wildman–Crippen LogP) is 2.79. The molecule has 0 saturated heterocycles. The lowest BCUT2D eigenvalue weighted by molar-refractivity contribution is -0.115. The third-order valence-electron chi connectivity index (χ3n) is 4.36. The number of carbonyl (C=O) groups excluding carboxylic acids is 2. The predicted molar refractivity (Wildman–Crippen MR) is 125 cm³/mol. The lowest BCUT2D eigenvalue weighted by Gasteiger charge is -2.12. The van der Waals surface area contributed by atoms with E-state index in [4.69, 9.17) is 0 Å². The molecule has 1 heterocycles. The number of benzene rings is 2. The molecular formula is C21H23N5O4S2. The van der Waals surface area contributed by atoms with Gasteiger partial charge in [-0.25, -0.2) is 17.7 Å². The van der Waals surface area contributed by atoms with E-state index in [2.05, 4.69) is 21.7 Å². The Balaban J connectivity index is 0.00000289. The Morgan fingerprint density at radius 1 is 1.19 bits per heavy atom. The van der Waals surface area contributed by atoms with Crippen LogP contribution in [0.4, 0.5) is 5.13 Å². The van der Waals surface area contributed by atoms with Gasteiger partial charge in [0.1, 0.15) is 0 Å². The summed E-state index contributed by atoms with van der Waals surface area (Å²) in [6, 6.07) is 14.7. The molecule has 0 aliphatic carbocycles. The summed E-state index contributed by atoms with van der Waals surface area (Å²) >= 11 is 1.19. The van der Waals surface area contributed by atoms with E-state index >= 15 is 0 Å². The van der Waals surface area contributed by atoms with Crippen molar-refractivity contribution in [2.45, 2.75) is 4.90 Å². The highest BCUT2D eigenvalue weighted by Crippen LogP contribution is 2.27. The first-order valence-corrected chi connectivity index (χ1v) is 11.6. The molecule has 11 heteroatoms. The second-order valence-electron chi connectivity index (χ2n) is 6.74. The molecule has 1 aromatic heterocycles. The number of nitriles is 1. The van der Waals surface area contributed by atoms with Crippen LogP contribution in [0, 0.1) is 11.3 Å². The minimum Gasteiger partial charge on any atom is -0.343 e. The van der Waals surface area contributed by atoms with Crippen LogP contribution in [0.2, 0.25) is 0 Å². The van der Waals surface area contributed by atoms with Gasteiger partial charge in [-0.15, -0.1) is 11.3 Å². The second-order valence-corrected chi connectivity index (χ2v) is 9.75. The van der Waals surface area contributed by atoms with Crippen molar-refractivity contribution in [2.75, 3.05) is 26.0 Å². The summed E-state index contributed by atoms with van der Waals surface area (Å²) in [4.78, 5) is 28.9. The molecule has 168 valence electrons. The van der Waals surface area contributed by atoms with Crippen LogP contribution in [0.1, 0.15) is 18.8 Å². The van der Waals surface area contributed by atoms with Crippen LogP contribution in [0.25, 0.3) is 11.3 Å². The van der Waals surface area contributed by atoms with Gasteiger partial charge in [-0.2, -0.15) is 5.26 Å². The molecule has 0 unspecified atom stereocenters. The van der Waals surface area contributed by atoms with Crippen molar-refractivity contribution in [3.8, 4) is 17.3 Å². The Labute approximate surface area is 192 Å². The number of anilines is 1. The minimum atomic E-state index is -3.68. The van der Waals surface area contributed by atoms with Gasteiger partial charge in [-0.1, -0.05) is 24.3 Å². The third kappa shape index (κ3) is 5.17. The molecule has 2 N–H and O–H groups in total. The number of amides is 2. The number of aromatic nitrogens is 1. The van der Waals surface area contributed by atoms with E-state index in [1.54, 1.807) is 29.6 Å². The average molecular weight is 474 g/mol. The van der Waals surface area contributed by atoms with Crippen LogP contribution in [0.3, 0.4) is 0 Å². The lowest BCUT2D eigenvalue weighted by Crippen LogP contribution is -2.33. The van der Waals surface area contributed by atoms with Crippen molar-refractivity contribution in [1.82, 2.24) is 14.6 Å². The highest BCUT2D eigenvalue weighted by atomic mass is 32.2. The minimum absolute atomic E-state index is 0. The van der Waals surface area contributed by atoms with Crippen LogP contribution in [-0.2, 0) is 14.8 Å². The molecule has 9 nitrogen and oxygen atoms in total. The molecule has 0 radical (unpaired) electrons. The summed E-state index contributed by atoms with van der Waals surface area (Å²) in [7, 11) is -0.887. The van der Waals surface area contributed by atoms with E-state index in [-0.39, 0.29) is 19.9 Å². The fraction of sp³-hybridized carbons (Fsp3) is 0.143. The monoisotopic (exact) mass is 473 g/mol. The highest BCUT2D eigenvalue weighted by molar-refractivity contribution is 7.89. The molecule has 0 fully saturated rings. The van der Waals surface area contributed by atoms with Crippen molar-refractivity contribution in [3.63, 3.8) is 0 Å². The van der Waals surface area contributed by atoms with Gasteiger partial charge in [0.2, 0.25) is 15.9 Å². The van der Waals surface area contributed by atoms with E-state index in [1.165, 1.54) is 49.7 Å². The summed E-state index contributed by atoms with van der Waals surface area (Å²) in [6.45, 7) is -0.326. The summed E-state index contributed by atoms with van der Waals surface area (Å²) in [5, 5.41) is 16.3. The van der Waals surface area contributed by atoms with Crippen molar-refractivity contribution in [1.29, 1.82) is 5.26 Å². The van der Waals surface area contributed by atoms with Gasteiger partial charge in [-0.3, -0.25) is 9.59 Å². The largest absolute Gasteiger partial charge is 0.343 e. The number of carbonyl (C=O) groups is 2. The molecular weight excluding hydrogens is 450 g/mol. The summed E-state index contributed by atoms with van der Waals surface area (Å²) < 4.78 is 25.5. The first-order valence-electron chi connectivity index (χ1n) is 9.28. The second kappa shape index (κ2) is 9.69. The molecule has 0 atom stereocenters. The average Bonchev–Trinajstić information content (AvgIpc) is 3.25.